The van der Waals surface area contributed by atoms with E-state index in [0.29, 0.717) is 25.4 Å². The Morgan fingerprint density at radius 1 is 1.35 bits per heavy atom. The van der Waals surface area contributed by atoms with E-state index in [1.807, 2.05) is 0 Å². The van der Waals surface area contributed by atoms with Gasteiger partial charge in [0, 0.05) is 13.0 Å². The minimum Gasteiger partial charge on any atom is -0.352 e. The van der Waals surface area contributed by atoms with Crippen LogP contribution < -0.4 is 11.1 Å². The van der Waals surface area contributed by atoms with Gasteiger partial charge in [-0.3, -0.25) is 4.79 Å². The number of hydrogen-bond acceptors (Lipinski definition) is 2. The smallest absolute Gasteiger partial charge is 0.220 e. The molecule has 0 fully saturated rings. The molecule has 0 saturated carbocycles. The van der Waals surface area contributed by atoms with Crippen molar-refractivity contribution in [2.75, 3.05) is 6.54 Å². The molecule has 0 aliphatic rings. The van der Waals surface area contributed by atoms with Gasteiger partial charge in [0.05, 0.1) is 0 Å². The van der Waals surface area contributed by atoms with Crippen molar-refractivity contribution >= 4 is 5.91 Å². The van der Waals surface area contributed by atoms with Gasteiger partial charge in [-0.15, -0.1) is 0 Å². The molecule has 0 aromatic heterocycles. The zero-order valence-corrected chi connectivity index (χ0v) is 12.2. The highest BCUT2D eigenvalue weighted by Crippen LogP contribution is 2.16. The Morgan fingerprint density at radius 3 is 2.80 bits per heavy atom. The molecule has 1 unspecified atom stereocenters. The molecule has 4 heteroatoms. The van der Waals surface area contributed by atoms with Crippen molar-refractivity contribution in [3.8, 4) is 0 Å². The van der Waals surface area contributed by atoms with Crippen LogP contribution in [0.1, 0.15) is 44.6 Å². The summed E-state index contributed by atoms with van der Waals surface area (Å²) in [6, 6.07) is 6.29. The summed E-state index contributed by atoms with van der Waals surface area (Å²) < 4.78 is 13.0. The number of carbonyl (C=O) groups excluding carboxylic acids is 1. The predicted octanol–water partition coefficient (Wildman–Crippen LogP) is 2.99. The maximum absolute atomic E-state index is 13.0. The van der Waals surface area contributed by atoms with Crippen LogP contribution in [0.15, 0.2) is 24.3 Å². The van der Waals surface area contributed by atoms with E-state index in [2.05, 4.69) is 12.2 Å². The Labute approximate surface area is 120 Å². The molecule has 0 heterocycles. The first-order chi connectivity index (χ1) is 9.65. The van der Waals surface area contributed by atoms with E-state index in [1.54, 1.807) is 12.1 Å². The van der Waals surface area contributed by atoms with Crippen molar-refractivity contribution in [1.29, 1.82) is 0 Å². The number of nitrogens with one attached hydrogen (secondary N) is 1. The highest BCUT2D eigenvalue weighted by molar-refractivity contribution is 5.75. The predicted molar refractivity (Wildman–Crippen MR) is 79.6 cm³/mol. The van der Waals surface area contributed by atoms with Crippen LogP contribution in [0.5, 0.6) is 0 Å². The fourth-order valence-corrected chi connectivity index (χ4v) is 2.35. The molecule has 3 nitrogen and oxygen atoms in total. The van der Waals surface area contributed by atoms with Crippen LogP contribution in [0, 0.1) is 11.7 Å². The maximum atomic E-state index is 13.0. The van der Waals surface area contributed by atoms with E-state index in [1.165, 1.54) is 12.1 Å². The highest BCUT2D eigenvalue weighted by Gasteiger charge is 2.10. The second-order valence-electron chi connectivity index (χ2n) is 5.18. The van der Waals surface area contributed by atoms with Crippen LogP contribution in [0.25, 0.3) is 0 Å². The Bertz CT molecular complexity index is 403. The standard InChI is InChI=1S/C16H25FN2O/c1-2-4-13(9-10-18)7-8-16(20)19-12-14-5-3-6-15(17)11-14/h3,5-6,11,13H,2,4,7-10,12,18H2,1H3,(H,19,20). The zero-order chi connectivity index (χ0) is 14.8. The lowest BCUT2D eigenvalue weighted by atomic mass is 9.94. The van der Waals surface area contributed by atoms with Crippen molar-refractivity contribution < 1.29 is 9.18 Å². The maximum Gasteiger partial charge on any atom is 0.220 e. The van der Waals surface area contributed by atoms with Crippen molar-refractivity contribution in [3.63, 3.8) is 0 Å². The molecular formula is C16H25FN2O. The summed E-state index contributed by atoms with van der Waals surface area (Å²) in [5, 5.41) is 2.83. The molecule has 112 valence electrons. The summed E-state index contributed by atoms with van der Waals surface area (Å²) in [4.78, 5) is 11.8. The van der Waals surface area contributed by atoms with E-state index >= 15 is 0 Å². The molecule has 1 rings (SSSR count). The molecule has 0 saturated heterocycles. The fourth-order valence-electron chi connectivity index (χ4n) is 2.35. The van der Waals surface area contributed by atoms with Crippen molar-refractivity contribution in [2.24, 2.45) is 11.7 Å². The van der Waals surface area contributed by atoms with Crippen molar-refractivity contribution in [1.82, 2.24) is 5.32 Å². The molecule has 1 aromatic rings. The largest absolute Gasteiger partial charge is 0.352 e. The van der Waals surface area contributed by atoms with Gasteiger partial charge < -0.3 is 11.1 Å². The van der Waals surface area contributed by atoms with Gasteiger partial charge >= 0.3 is 0 Å². The third-order valence-electron chi connectivity index (χ3n) is 3.43. The summed E-state index contributed by atoms with van der Waals surface area (Å²) in [5.41, 5.74) is 6.36. The molecule has 0 spiro atoms. The molecule has 1 atom stereocenters. The quantitative estimate of drug-likeness (QED) is 0.730. The van der Waals surface area contributed by atoms with E-state index < -0.39 is 0 Å². The summed E-state index contributed by atoms with van der Waals surface area (Å²) in [5.74, 6) is 0.278. The normalized spacial score (nSPS) is 12.2. The fraction of sp³-hybridized carbons (Fsp3) is 0.562. The molecule has 0 aliphatic heterocycles. The number of halogens is 1. The minimum absolute atomic E-state index is 0.0207. The van der Waals surface area contributed by atoms with Crippen LogP contribution in [0.2, 0.25) is 0 Å². The average Bonchev–Trinajstić information content (AvgIpc) is 2.43. The first-order valence-electron chi connectivity index (χ1n) is 7.37. The topological polar surface area (TPSA) is 55.1 Å². The first kappa shape index (κ1) is 16.6. The highest BCUT2D eigenvalue weighted by atomic mass is 19.1. The number of benzene rings is 1. The second kappa shape index (κ2) is 9.48. The van der Waals surface area contributed by atoms with E-state index in [9.17, 15) is 9.18 Å². The van der Waals surface area contributed by atoms with E-state index in [4.69, 9.17) is 5.73 Å². The number of rotatable bonds is 9. The van der Waals surface area contributed by atoms with Gasteiger partial charge in [-0.25, -0.2) is 4.39 Å². The van der Waals surface area contributed by atoms with Gasteiger partial charge in [-0.2, -0.15) is 0 Å². The monoisotopic (exact) mass is 280 g/mol. The van der Waals surface area contributed by atoms with Gasteiger partial charge in [-0.05, 0) is 43.0 Å². The number of nitrogens with two attached hydrogens (primary N) is 1. The lowest BCUT2D eigenvalue weighted by molar-refractivity contribution is -0.121. The molecule has 3 N–H and O–H groups in total. The molecule has 20 heavy (non-hydrogen) atoms. The molecule has 0 aliphatic carbocycles. The van der Waals surface area contributed by atoms with Gasteiger partial charge in [0.25, 0.3) is 0 Å². The molecule has 0 bridgehead atoms. The molecule has 0 radical (unpaired) electrons. The Morgan fingerprint density at radius 2 is 2.15 bits per heavy atom. The second-order valence-corrected chi connectivity index (χ2v) is 5.18. The number of hydrogen-bond donors (Lipinski definition) is 2. The summed E-state index contributed by atoms with van der Waals surface area (Å²) >= 11 is 0. The Balaban J connectivity index is 2.29. The van der Waals surface area contributed by atoms with Crippen molar-refractivity contribution in [3.05, 3.63) is 35.6 Å². The van der Waals surface area contributed by atoms with Crippen LogP contribution in [-0.4, -0.2) is 12.5 Å². The van der Waals surface area contributed by atoms with Gasteiger partial charge in [-0.1, -0.05) is 31.9 Å². The molecular weight excluding hydrogens is 255 g/mol. The summed E-state index contributed by atoms with van der Waals surface area (Å²) in [6.45, 7) is 3.20. The van der Waals surface area contributed by atoms with Crippen LogP contribution in [0.4, 0.5) is 4.39 Å². The van der Waals surface area contributed by atoms with E-state index in [0.717, 1.165) is 31.2 Å². The third kappa shape index (κ3) is 6.66. The molecule has 1 aromatic carbocycles. The van der Waals surface area contributed by atoms with Gasteiger partial charge in [0.2, 0.25) is 5.91 Å². The summed E-state index contributed by atoms with van der Waals surface area (Å²) in [7, 11) is 0. The summed E-state index contributed by atoms with van der Waals surface area (Å²) in [6.07, 6.45) is 4.61. The van der Waals surface area contributed by atoms with Crippen LogP contribution >= 0.6 is 0 Å². The third-order valence-corrected chi connectivity index (χ3v) is 3.43. The first-order valence-corrected chi connectivity index (χ1v) is 7.37. The lowest BCUT2D eigenvalue weighted by Gasteiger charge is -2.14. The van der Waals surface area contributed by atoms with Crippen LogP contribution in [0.3, 0.4) is 0 Å². The SMILES string of the molecule is CCCC(CCN)CCC(=O)NCc1cccc(F)c1. The average molecular weight is 280 g/mol. The van der Waals surface area contributed by atoms with Gasteiger partial charge in [0.1, 0.15) is 5.82 Å². The lowest BCUT2D eigenvalue weighted by Crippen LogP contribution is -2.23. The minimum atomic E-state index is -0.275. The van der Waals surface area contributed by atoms with Crippen LogP contribution in [-0.2, 0) is 11.3 Å². The Kier molecular flexibility index (Phi) is 7.88. The van der Waals surface area contributed by atoms with Crippen molar-refractivity contribution in [2.45, 2.75) is 45.6 Å². The number of amides is 1. The molecule has 1 amide bonds. The van der Waals surface area contributed by atoms with Gasteiger partial charge in [0.15, 0.2) is 0 Å². The number of carbonyl (C=O) groups is 1. The van der Waals surface area contributed by atoms with E-state index in [-0.39, 0.29) is 11.7 Å². The zero-order valence-electron chi connectivity index (χ0n) is 12.2. The Hall–Kier alpha value is -1.42.